The van der Waals surface area contributed by atoms with Crippen LogP contribution in [0.4, 0.5) is 0 Å². The molecule has 0 saturated carbocycles. The molecule has 0 N–H and O–H groups in total. The molecule has 0 spiro atoms. The summed E-state index contributed by atoms with van der Waals surface area (Å²) in [6.45, 7) is 6.68. The minimum absolute atomic E-state index is 0.171. The highest BCUT2D eigenvalue weighted by Gasteiger charge is 2.06. The highest BCUT2D eigenvalue weighted by molar-refractivity contribution is 5.73. The first-order valence-electron chi connectivity index (χ1n) is 5.91. The van der Waals surface area contributed by atoms with Crippen LogP contribution in [0.3, 0.4) is 0 Å². The third kappa shape index (κ3) is 5.50. The van der Waals surface area contributed by atoms with Gasteiger partial charge in [0.25, 0.3) is 0 Å². The van der Waals surface area contributed by atoms with Crippen LogP contribution in [0.25, 0.3) is 0 Å². The summed E-state index contributed by atoms with van der Waals surface area (Å²) in [5.74, 6) is -0.202. The molecule has 0 aliphatic heterocycles. The Morgan fingerprint density at radius 1 is 1.24 bits per heavy atom. The van der Waals surface area contributed by atoms with E-state index >= 15 is 0 Å². The van der Waals surface area contributed by atoms with Crippen LogP contribution in [0.5, 0.6) is 0 Å². The topological polar surface area (TPSA) is 35.5 Å². The predicted molar refractivity (Wildman–Crippen MR) is 66.9 cm³/mol. The Hall–Kier alpha value is -1.35. The summed E-state index contributed by atoms with van der Waals surface area (Å²) in [4.78, 5) is 11.5. The molecular weight excluding hydrogens is 216 g/mol. The number of hydrogen-bond acceptors (Lipinski definition) is 3. The highest BCUT2D eigenvalue weighted by atomic mass is 16.6. The van der Waals surface area contributed by atoms with Crippen LogP contribution >= 0.6 is 0 Å². The van der Waals surface area contributed by atoms with Crippen molar-refractivity contribution in [2.45, 2.75) is 33.3 Å². The van der Waals surface area contributed by atoms with Crippen molar-refractivity contribution in [2.75, 3.05) is 13.2 Å². The summed E-state index contributed by atoms with van der Waals surface area (Å²) in [7, 11) is 0. The molecule has 0 aromatic heterocycles. The van der Waals surface area contributed by atoms with E-state index in [1.54, 1.807) is 0 Å². The molecule has 0 unspecified atom stereocenters. The summed E-state index contributed by atoms with van der Waals surface area (Å²) >= 11 is 0. The number of benzene rings is 1. The van der Waals surface area contributed by atoms with Gasteiger partial charge in [-0.15, -0.1) is 0 Å². The van der Waals surface area contributed by atoms with Crippen molar-refractivity contribution in [1.82, 2.24) is 0 Å². The lowest BCUT2D eigenvalue weighted by atomic mass is 10.1. The zero-order valence-corrected chi connectivity index (χ0v) is 10.7. The van der Waals surface area contributed by atoms with E-state index in [4.69, 9.17) is 9.47 Å². The fourth-order valence-corrected chi connectivity index (χ4v) is 1.45. The fourth-order valence-electron chi connectivity index (χ4n) is 1.45. The maximum absolute atomic E-state index is 11.5. The molecule has 0 atom stereocenters. The Labute approximate surface area is 103 Å². The summed E-state index contributed by atoms with van der Waals surface area (Å²) in [5.41, 5.74) is 2.13. The molecule has 0 amide bonds. The molecule has 0 aliphatic rings. The Bertz CT molecular complexity index is 358. The SMILES string of the molecule is Cc1ccccc1CC(=O)OCCOC(C)C. The molecule has 0 radical (unpaired) electrons. The molecule has 0 heterocycles. The van der Waals surface area contributed by atoms with Crippen molar-refractivity contribution in [2.24, 2.45) is 0 Å². The Balaban J connectivity index is 2.28. The van der Waals surface area contributed by atoms with Crippen LogP contribution < -0.4 is 0 Å². The van der Waals surface area contributed by atoms with E-state index in [0.717, 1.165) is 11.1 Å². The summed E-state index contributed by atoms with van der Waals surface area (Å²) in [6, 6.07) is 7.82. The second-order valence-electron chi connectivity index (χ2n) is 4.24. The van der Waals surface area contributed by atoms with Gasteiger partial charge in [0, 0.05) is 0 Å². The lowest BCUT2D eigenvalue weighted by Gasteiger charge is -2.09. The molecule has 94 valence electrons. The van der Waals surface area contributed by atoms with Crippen molar-refractivity contribution in [3.05, 3.63) is 35.4 Å². The van der Waals surface area contributed by atoms with E-state index in [2.05, 4.69) is 0 Å². The third-order valence-electron chi connectivity index (χ3n) is 2.39. The lowest BCUT2D eigenvalue weighted by Crippen LogP contribution is -2.15. The molecule has 1 rings (SSSR count). The normalized spacial score (nSPS) is 10.6. The first-order chi connectivity index (χ1) is 8.09. The highest BCUT2D eigenvalue weighted by Crippen LogP contribution is 2.08. The Kier molecular flexibility index (Phi) is 5.70. The largest absolute Gasteiger partial charge is 0.463 e. The van der Waals surface area contributed by atoms with Gasteiger partial charge in [0.05, 0.1) is 19.1 Å². The average molecular weight is 236 g/mol. The van der Waals surface area contributed by atoms with E-state index in [0.29, 0.717) is 19.6 Å². The monoisotopic (exact) mass is 236 g/mol. The van der Waals surface area contributed by atoms with Gasteiger partial charge in [0.1, 0.15) is 6.61 Å². The molecule has 0 fully saturated rings. The molecule has 3 heteroatoms. The molecular formula is C14H20O3. The molecule has 1 aromatic rings. The molecule has 0 aliphatic carbocycles. The second-order valence-corrected chi connectivity index (χ2v) is 4.24. The smallest absolute Gasteiger partial charge is 0.310 e. The average Bonchev–Trinajstić information content (AvgIpc) is 2.27. The predicted octanol–water partition coefficient (Wildman–Crippen LogP) is 2.51. The van der Waals surface area contributed by atoms with Crippen molar-refractivity contribution < 1.29 is 14.3 Å². The van der Waals surface area contributed by atoms with E-state index in [-0.39, 0.29) is 12.1 Å². The second kappa shape index (κ2) is 7.07. The molecule has 0 saturated heterocycles. The van der Waals surface area contributed by atoms with E-state index in [1.807, 2.05) is 45.0 Å². The van der Waals surface area contributed by atoms with Crippen LogP contribution in [0.15, 0.2) is 24.3 Å². The molecule has 1 aromatic carbocycles. The van der Waals surface area contributed by atoms with Crippen molar-refractivity contribution >= 4 is 5.97 Å². The molecule has 3 nitrogen and oxygen atoms in total. The van der Waals surface area contributed by atoms with Crippen molar-refractivity contribution in [1.29, 1.82) is 0 Å². The maximum atomic E-state index is 11.5. The van der Waals surface area contributed by atoms with Gasteiger partial charge < -0.3 is 9.47 Å². The fraction of sp³-hybridized carbons (Fsp3) is 0.500. The maximum Gasteiger partial charge on any atom is 0.310 e. The van der Waals surface area contributed by atoms with Gasteiger partial charge in [-0.2, -0.15) is 0 Å². The number of rotatable bonds is 6. The minimum Gasteiger partial charge on any atom is -0.463 e. The van der Waals surface area contributed by atoms with Gasteiger partial charge in [-0.3, -0.25) is 4.79 Å². The first-order valence-corrected chi connectivity index (χ1v) is 5.91. The number of esters is 1. The van der Waals surface area contributed by atoms with Crippen LogP contribution in [-0.2, 0) is 20.7 Å². The van der Waals surface area contributed by atoms with Gasteiger partial charge in [-0.05, 0) is 31.9 Å². The van der Waals surface area contributed by atoms with Gasteiger partial charge in [0.2, 0.25) is 0 Å². The Morgan fingerprint density at radius 2 is 1.94 bits per heavy atom. The summed E-state index contributed by atoms with van der Waals surface area (Å²) in [5, 5.41) is 0. The van der Waals surface area contributed by atoms with Gasteiger partial charge >= 0.3 is 5.97 Å². The van der Waals surface area contributed by atoms with Crippen molar-refractivity contribution in [3.8, 4) is 0 Å². The summed E-state index contributed by atoms with van der Waals surface area (Å²) in [6.07, 6.45) is 0.499. The van der Waals surface area contributed by atoms with Crippen LogP contribution in [0.1, 0.15) is 25.0 Å². The number of carbonyl (C=O) groups excluding carboxylic acids is 1. The van der Waals surface area contributed by atoms with Gasteiger partial charge in [-0.1, -0.05) is 24.3 Å². The quantitative estimate of drug-likeness (QED) is 0.562. The van der Waals surface area contributed by atoms with Crippen LogP contribution in [-0.4, -0.2) is 25.3 Å². The van der Waals surface area contributed by atoms with E-state index in [9.17, 15) is 4.79 Å². The first kappa shape index (κ1) is 13.7. The van der Waals surface area contributed by atoms with E-state index < -0.39 is 0 Å². The molecule has 0 bridgehead atoms. The van der Waals surface area contributed by atoms with Gasteiger partial charge in [0.15, 0.2) is 0 Å². The number of ether oxygens (including phenoxy) is 2. The lowest BCUT2D eigenvalue weighted by molar-refractivity contribution is -0.144. The third-order valence-corrected chi connectivity index (χ3v) is 2.39. The van der Waals surface area contributed by atoms with Crippen LogP contribution in [0.2, 0.25) is 0 Å². The number of hydrogen-bond donors (Lipinski definition) is 0. The zero-order chi connectivity index (χ0) is 12.7. The van der Waals surface area contributed by atoms with Crippen molar-refractivity contribution in [3.63, 3.8) is 0 Å². The standard InChI is InChI=1S/C14H20O3/c1-11(2)16-8-9-17-14(15)10-13-7-5-4-6-12(13)3/h4-7,11H,8-10H2,1-3H3. The number of aryl methyl sites for hydroxylation is 1. The summed E-state index contributed by atoms with van der Waals surface area (Å²) < 4.78 is 10.4. The zero-order valence-electron chi connectivity index (χ0n) is 10.7. The van der Waals surface area contributed by atoms with Gasteiger partial charge in [-0.25, -0.2) is 0 Å². The van der Waals surface area contributed by atoms with Crippen LogP contribution in [0, 0.1) is 6.92 Å². The number of carbonyl (C=O) groups is 1. The van der Waals surface area contributed by atoms with E-state index in [1.165, 1.54) is 0 Å². The molecule has 17 heavy (non-hydrogen) atoms. The Morgan fingerprint density at radius 3 is 2.59 bits per heavy atom. The minimum atomic E-state index is -0.202.